The fourth-order valence-electron chi connectivity index (χ4n) is 5.18. The molecule has 2 N–H and O–H groups in total. The third-order valence-electron chi connectivity index (χ3n) is 7.48. The number of nitrogens with one attached hydrogen (secondary N) is 2. The van der Waals surface area contributed by atoms with Gasteiger partial charge in [-0.25, -0.2) is 0 Å². The lowest BCUT2D eigenvalue weighted by atomic mass is 10.1. The second-order valence-corrected chi connectivity index (χ2v) is 10.2. The van der Waals surface area contributed by atoms with E-state index >= 15 is 0 Å². The Kier molecular flexibility index (Phi) is 8.46. The highest BCUT2D eigenvalue weighted by Gasteiger charge is 2.20. The summed E-state index contributed by atoms with van der Waals surface area (Å²) in [5.41, 5.74) is 5.45. The van der Waals surface area contributed by atoms with Crippen LogP contribution in [0.25, 0.3) is 0 Å². The molecule has 38 heavy (non-hydrogen) atoms. The Morgan fingerprint density at radius 2 is 1.82 bits per heavy atom. The molecule has 2 saturated heterocycles. The van der Waals surface area contributed by atoms with Gasteiger partial charge in [-0.15, -0.1) is 0 Å². The molecule has 7 heteroatoms. The minimum atomic E-state index is -0.152. The van der Waals surface area contributed by atoms with Crippen LogP contribution in [0, 0.1) is 6.92 Å². The first kappa shape index (κ1) is 26.1. The van der Waals surface area contributed by atoms with Gasteiger partial charge in [0.05, 0.1) is 19.8 Å². The second-order valence-electron chi connectivity index (χ2n) is 10.2. The van der Waals surface area contributed by atoms with Crippen LogP contribution in [0.1, 0.15) is 35.2 Å². The van der Waals surface area contributed by atoms with Crippen molar-refractivity contribution in [1.29, 1.82) is 0 Å². The van der Waals surface area contributed by atoms with Crippen molar-refractivity contribution in [2.24, 2.45) is 0 Å². The number of carbonyl (C=O) groups is 1. The smallest absolute Gasteiger partial charge is 0.255 e. The van der Waals surface area contributed by atoms with E-state index in [-0.39, 0.29) is 5.91 Å². The molecule has 0 saturated carbocycles. The molecule has 5 rings (SSSR count). The van der Waals surface area contributed by atoms with Crippen LogP contribution in [0.2, 0.25) is 0 Å². The molecule has 2 aliphatic rings. The Labute approximate surface area is 225 Å². The van der Waals surface area contributed by atoms with E-state index in [1.54, 1.807) is 0 Å². The van der Waals surface area contributed by atoms with Crippen molar-refractivity contribution in [1.82, 2.24) is 4.90 Å². The molecular weight excluding hydrogens is 476 g/mol. The van der Waals surface area contributed by atoms with Crippen LogP contribution in [0.3, 0.4) is 0 Å². The van der Waals surface area contributed by atoms with Crippen molar-refractivity contribution in [2.45, 2.75) is 32.2 Å². The third kappa shape index (κ3) is 6.65. The highest BCUT2D eigenvalue weighted by atomic mass is 16.5. The van der Waals surface area contributed by atoms with Crippen molar-refractivity contribution < 1.29 is 14.3 Å². The number of carbonyl (C=O) groups excluding carboxylic acids is 1. The average molecular weight is 515 g/mol. The fourth-order valence-corrected chi connectivity index (χ4v) is 5.18. The maximum absolute atomic E-state index is 13.1. The van der Waals surface area contributed by atoms with Gasteiger partial charge >= 0.3 is 0 Å². The summed E-state index contributed by atoms with van der Waals surface area (Å²) in [6.07, 6.45) is 3.49. The summed E-state index contributed by atoms with van der Waals surface area (Å²) in [6, 6.07) is 22.4. The molecule has 1 amide bonds. The lowest BCUT2D eigenvalue weighted by molar-refractivity contribution is 0.102. The van der Waals surface area contributed by atoms with Crippen molar-refractivity contribution in [2.75, 3.05) is 62.0 Å². The molecule has 2 aliphatic heterocycles. The monoisotopic (exact) mass is 514 g/mol. The van der Waals surface area contributed by atoms with Crippen LogP contribution in [0.5, 0.6) is 5.75 Å². The Morgan fingerprint density at radius 1 is 1.00 bits per heavy atom. The summed E-state index contributed by atoms with van der Waals surface area (Å²) in [7, 11) is 2.18. The first-order valence-corrected chi connectivity index (χ1v) is 13.6. The van der Waals surface area contributed by atoms with E-state index in [2.05, 4.69) is 51.7 Å². The summed E-state index contributed by atoms with van der Waals surface area (Å²) in [5, 5.41) is 6.58. The van der Waals surface area contributed by atoms with Crippen LogP contribution >= 0.6 is 0 Å². The largest absolute Gasteiger partial charge is 0.494 e. The molecule has 0 aliphatic carbocycles. The van der Waals surface area contributed by atoms with Gasteiger partial charge in [0.25, 0.3) is 5.91 Å². The van der Waals surface area contributed by atoms with Crippen molar-refractivity contribution in [3.63, 3.8) is 0 Å². The minimum absolute atomic E-state index is 0.152. The van der Waals surface area contributed by atoms with Gasteiger partial charge in [-0.1, -0.05) is 18.2 Å². The molecule has 7 nitrogen and oxygen atoms in total. The molecule has 2 heterocycles. The van der Waals surface area contributed by atoms with E-state index in [1.165, 1.54) is 18.5 Å². The highest BCUT2D eigenvalue weighted by molar-refractivity contribution is 6.05. The summed E-state index contributed by atoms with van der Waals surface area (Å²) in [5.74, 6) is 0.575. The van der Waals surface area contributed by atoms with Gasteiger partial charge in [0, 0.05) is 47.4 Å². The Hall–Kier alpha value is -3.55. The average Bonchev–Trinajstić information content (AvgIpc) is 3.35. The number of ether oxygens (including phenoxy) is 2. The van der Waals surface area contributed by atoms with Crippen LogP contribution in [-0.4, -0.2) is 63.4 Å². The SMILES string of the molecule is Cc1ccc(Nc2cccc(N3CCOCC3)c2)cc1NC(=O)c1cccc(OCCC2CCCN2C)c1. The number of hydrogen-bond donors (Lipinski definition) is 2. The van der Waals surface area contributed by atoms with E-state index < -0.39 is 0 Å². The van der Waals surface area contributed by atoms with Gasteiger partial charge in [-0.3, -0.25) is 4.79 Å². The van der Waals surface area contributed by atoms with Crippen LogP contribution < -0.4 is 20.3 Å². The molecule has 0 aromatic heterocycles. The molecule has 3 aromatic rings. The maximum atomic E-state index is 13.1. The van der Waals surface area contributed by atoms with E-state index in [0.29, 0.717) is 18.2 Å². The molecule has 3 aromatic carbocycles. The quantitative estimate of drug-likeness (QED) is 0.382. The number of rotatable bonds is 9. The van der Waals surface area contributed by atoms with Gasteiger partial charge in [0.2, 0.25) is 0 Å². The minimum Gasteiger partial charge on any atom is -0.494 e. The molecule has 0 bridgehead atoms. The molecule has 1 atom stereocenters. The van der Waals surface area contributed by atoms with E-state index in [1.807, 2.05) is 49.4 Å². The van der Waals surface area contributed by atoms with E-state index in [9.17, 15) is 4.79 Å². The maximum Gasteiger partial charge on any atom is 0.255 e. The number of benzene rings is 3. The van der Waals surface area contributed by atoms with Gasteiger partial charge in [0.1, 0.15) is 5.75 Å². The van der Waals surface area contributed by atoms with Gasteiger partial charge in [0.15, 0.2) is 0 Å². The third-order valence-corrected chi connectivity index (χ3v) is 7.48. The number of anilines is 4. The number of nitrogens with zero attached hydrogens (tertiary/aromatic N) is 2. The molecule has 2 fully saturated rings. The lowest BCUT2D eigenvalue weighted by Gasteiger charge is -2.29. The van der Waals surface area contributed by atoms with E-state index in [0.717, 1.165) is 67.6 Å². The topological polar surface area (TPSA) is 66.1 Å². The Bertz CT molecular complexity index is 1240. The summed E-state index contributed by atoms with van der Waals surface area (Å²) in [4.78, 5) is 17.9. The first-order chi connectivity index (χ1) is 18.5. The first-order valence-electron chi connectivity index (χ1n) is 13.6. The Morgan fingerprint density at radius 3 is 2.63 bits per heavy atom. The van der Waals surface area contributed by atoms with Crippen molar-refractivity contribution in [3.05, 3.63) is 77.9 Å². The summed E-state index contributed by atoms with van der Waals surface area (Å²) < 4.78 is 11.5. The summed E-state index contributed by atoms with van der Waals surface area (Å²) >= 11 is 0. The van der Waals surface area contributed by atoms with Crippen LogP contribution in [0.15, 0.2) is 66.7 Å². The second kappa shape index (κ2) is 12.3. The Balaban J connectivity index is 1.21. The predicted octanol–water partition coefficient (Wildman–Crippen LogP) is 5.69. The molecular formula is C31H38N4O3. The zero-order chi connectivity index (χ0) is 26.3. The molecule has 0 radical (unpaired) electrons. The van der Waals surface area contributed by atoms with Crippen LogP contribution in [0.4, 0.5) is 22.7 Å². The van der Waals surface area contributed by atoms with Gasteiger partial charge < -0.3 is 29.9 Å². The zero-order valence-corrected chi connectivity index (χ0v) is 22.4. The standard InChI is InChI=1S/C31H38N4O3/c1-23-11-12-26(32-25-7-4-8-28(21-25)35-15-18-37-19-16-35)22-30(23)33-31(36)24-6-3-10-29(20-24)38-17-13-27-9-5-14-34(27)2/h3-4,6-8,10-12,20-22,27,32H,5,9,13-19H2,1-2H3,(H,33,36). The highest BCUT2D eigenvalue weighted by Crippen LogP contribution is 2.27. The molecule has 0 spiro atoms. The number of likely N-dealkylation sites (tertiary alicyclic amines) is 1. The molecule has 200 valence electrons. The number of amides is 1. The number of morpholine rings is 1. The number of aryl methyl sites for hydroxylation is 1. The lowest BCUT2D eigenvalue weighted by Crippen LogP contribution is -2.36. The van der Waals surface area contributed by atoms with Crippen molar-refractivity contribution >= 4 is 28.7 Å². The van der Waals surface area contributed by atoms with Crippen molar-refractivity contribution in [3.8, 4) is 5.75 Å². The summed E-state index contributed by atoms with van der Waals surface area (Å²) in [6.45, 7) is 7.12. The van der Waals surface area contributed by atoms with Crippen LogP contribution in [-0.2, 0) is 4.74 Å². The predicted molar refractivity (Wildman–Crippen MR) is 154 cm³/mol. The number of hydrogen-bond acceptors (Lipinski definition) is 6. The van der Waals surface area contributed by atoms with Gasteiger partial charge in [-0.2, -0.15) is 0 Å². The van der Waals surface area contributed by atoms with Gasteiger partial charge in [-0.05, 0) is 93.9 Å². The zero-order valence-electron chi connectivity index (χ0n) is 22.4. The fraction of sp³-hybridized carbons (Fsp3) is 0.387. The normalized spacial score (nSPS) is 17.8. The molecule has 1 unspecified atom stereocenters. The van der Waals surface area contributed by atoms with E-state index in [4.69, 9.17) is 9.47 Å².